The third kappa shape index (κ3) is 3.06. The number of aliphatic imine (C=N–C) groups is 2. The van der Waals surface area contributed by atoms with Gasteiger partial charge in [0.25, 0.3) is 0 Å². The van der Waals surface area contributed by atoms with Crippen LogP contribution < -0.4 is 0 Å². The SMILES string of the molecule is CC(C)[C@H]1COC(C2=C(C3=CC=CC3C3=N[C@@H](C(C)C)CO3)CC=C2)=N1. The van der Waals surface area contributed by atoms with Crippen molar-refractivity contribution >= 4 is 11.8 Å². The smallest absolute Gasteiger partial charge is 0.216 e. The Labute approximate surface area is 156 Å². The van der Waals surface area contributed by atoms with Gasteiger partial charge in [-0.1, -0.05) is 58.1 Å². The van der Waals surface area contributed by atoms with Crippen LogP contribution in [0.3, 0.4) is 0 Å². The van der Waals surface area contributed by atoms with Gasteiger partial charge in [-0.15, -0.1) is 0 Å². The van der Waals surface area contributed by atoms with Gasteiger partial charge in [-0.05, 0) is 29.4 Å². The Hall–Kier alpha value is -2.10. The average molecular weight is 352 g/mol. The topological polar surface area (TPSA) is 43.2 Å². The first-order valence-corrected chi connectivity index (χ1v) is 9.74. The molecule has 0 amide bonds. The van der Waals surface area contributed by atoms with Gasteiger partial charge in [0, 0.05) is 5.57 Å². The molecule has 26 heavy (non-hydrogen) atoms. The summed E-state index contributed by atoms with van der Waals surface area (Å²) in [5, 5.41) is 0. The van der Waals surface area contributed by atoms with Crippen LogP contribution in [0.25, 0.3) is 0 Å². The maximum Gasteiger partial charge on any atom is 0.216 e. The molecular weight excluding hydrogens is 324 g/mol. The van der Waals surface area contributed by atoms with Gasteiger partial charge in [-0.2, -0.15) is 0 Å². The van der Waals surface area contributed by atoms with Crippen molar-refractivity contribution in [3.63, 3.8) is 0 Å². The Balaban J connectivity index is 1.60. The molecule has 4 nitrogen and oxygen atoms in total. The molecule has 2 heterocycles. The van der Waals surface area contributed by atoms with E-state index < -0.39 is 0 Å². The van der Waals surface area contributed by atoms with Gasteiger partial charge in [-0.25, -0.2) is 9.98 Å². The highest BCUT2D eigenvalue weighted by molar-refractivity contribution is 6.00. The molecule has 0 saturated carbocycles. The number of rotatable bonds is 5. The minimum absolute atomic E-state index is 0.117. The monoisotopic (exact) mass is 352 g/mol. The van der Waals surface area contributed by atoms with Crippen molar-refractivity contribution in [3.05, 3.63) is 47.1 Å². The molecule has 0 saturated heterocycles. The molecule has 0 aromatic carbocycles. The van der Waals surface area contributed by atoms with Crippen molar-refractivity contribution in [2.45, 2.75) is 46.2 Å². The lowest BCUT2D eigenvalue weighted by Gasteiger charge is -2.16. The maximum atomic E-state index is 5.96. The van der Waals surface area contributed by atoms with E-state index in [2.05, 4.69) is 58.1 Å². The lowest BCUT2D eigenvalue weighted by atomic mass is 9.92. The first kappa shape index (κ1) is 17.3. The standard InChI is InChI=1S/C22H28N2O2/c1-13(2)19-11-25-21(23-19)17-9-5-7-15(17)16-8-6-10-18(16)22-24-20(12-26-22)14(3)4/h5-7,9-10,13-14,17,19-20H,8,11-12H2,1-4H3/t17?,19-,20-/m1/s1. The third-order valence-electron chi connectivity index (χ3n) is 5.60. The van der Waals surface area contributed by atoms with E-state index in [0.717, 1.165) is 23.8 Å². The number of allylic oxidation sites excluding steroid dienone is 4. The highest BCUT2D eigenvalue weighted by Crippen LogP contribution is 2.37. The van der Waals surface area contributed by atoms with E-state index in [1.807, 2.05) is 0 Å². The lowest BCUT2D eigenvalue weighted by molar-refractivity contribution is 0.283. The second-order valence-electron chi connectivity index (χ2n) is 8.13. The van der Waals surface area contributed by atoms with Gasteiger partial charge in [0.15, 0.2) is 5.90 Å². The minimum Gasteiger partial charge on any atom is -0.478 e. The zero-order valence-corrected chi connectivity index (χ0v) is 16.1. The van der Waals surface area contributed by atoms with E-state index in [1.54, 1.807) is 0 Å². The van der Waals surface area contributed by atoms with Crippen molar-refractivity contribution in [1.82, 2.24) is 0 Å². The summed E-state index contributed by atoms with van der Waals surface area (Å²) in [4.78, 5) is 9.67. The van der Waals surface area contributed by atoms with E-state index >= 15 is 0 Å². The van der Waals surface area contributed by atoms with Crippen molar-refractivity contribution in [1.29, 1.82) is 0 Å². The second-order valence-corrected chi connectivity index (χ2v) is 8.13. The molecule has 0 radical (unpaired) electrons. The van der Waals surface area contributed by atoms with Gasteiger partial charge in [0.1, 0.15) is 13.2 Å². The largest absolute Gasteiger partial charge is 0.478 e. The van der Waals surface area contributed by atoms with Crippen LogP contribution >= 0.6 is 0 Å². The van der Waals surface area contributed by atoms with Gasteiger partial charge >= 0.3 is 0 Å². The quantitative estimate of drug-likeness (QED) is 0.742. The molecule has 2 aliphatic heterocycles. The summed E-state index contributed by atoms with van der Waals surface area (Å²) in [6, 6.07) is 0.526. The van der Waals surface area contributed by atoms with Crippen LogP contribution in [0.1, 0.15) is 34.1 Å². The number of nitrogens with zero attached hydrogens (tertiary/aromatic N) is 2. The summed E-state index contributed by atoms with van der Waals surface area (Å²) in [7, 11) is 0. The first-order valence-electron chi connectivity index (χ1n) is 9.74. The molecule has 2 aliphatic carbocycles. The average Bonchev–Trinajstić information content (AvgIpc) is 3.39. The van der Waals surface area contributed by atoms with E-state index in [9.17, 15) is 0 Å². The zero-order chi connectivity index (χ0) is 18.3. The molecule has 1 unspecified atom stereocenters. The fraction of sp³-hybridized carbons (Fsp3) is 0.545. The maximum absolute atomic E-state index is 5.96. The van der Waals surface area contributed by atoms with E-state index in [0.29, 0.717) is 25.0 Å². The van der Waals surface area contributed by atoms with Crippen LogP contribution in [0, 0.1) is 17.8 Å². The van der Waals surface area contributed by atoms with Crippen molar-refractivity contribution in [2.75, 3.05) is 13.2 Å². The molecule has 3 atom stereocenters. The summed E-state index contributed by atoms with van der Waals surface area (Å²) >= 11 is 0. The van der Waals surface area contributed by atoms with Gasteiger partial charge in [0.2, 0.25) is 5.90 Å². The summed E-state index contributed by atoms with van der Waals surface area (Å²) in [5.74, 6) is 2.77. The Morgan fingerprint density at radius 2 is 1.73 bits per heavy atom. The molecule has 0 N–H and O–H groups in total. The predicted octanol–water partition coefficient (Wildman–Crippen LogP) is 4.26. The van der Waals surface area contributed by atoms with Crippen LogP contribution in [-0.2, 0) is 9.47 Å². The zero-order valence-electron chi connectivity index (χ0n) is 16.1. The van der Waals surface area contributed by atoms with Gasteiger partial charge in [-0.3, -0.25) is 0 Å². The normalized spacial score (nSPS) is 30.2. The van der Waals surface area contributed by atoms with Crippen molar-refractivity contribution in [2.24, 2.45) is 27.7 Å². The third-order valence-corrected chi connectivity index (χ3v) is 5.60. The number of ether oxygens (including phenoxy) is 2. The van der Waals surface area contributed by atoms with Crippen molar-refractivity contribution in [3.8, 4) is 0 Å². The number of hydrogen-bond donors (Lipinski definition) is 0. The molecule has 4 rings (SSSR count). The molecule has 0 spiro atoms. The minimum atomic E-state index is 0.117. The fourth-order valence-corrected chi connectivity index (χ4v) is 3.76. The van der Waals surface area contributed by atoms with E-state index in [-0.39, 0.29) is 18.0 Å². The predicted molar refractivity (Wildman–Crippen MR) is 106 cm³/mol. The Bertz CT molecular complexity index is 765. The first-order chi connectivity index (χ1) is 12.5. The van der Waals surface area contributed by atoms with Gasteiger partial charge < -0.3 is 9.47 Å². The van der Waals surface area contributed by atoms with Crippen molar-refractivity contribution < 1.29 is 9.47 Å². The number of hydrogen-bond acceptors (Lipinski definition) is 4. The molecule has 0 bridgehead atoms. The van der Waals surface area contributed by atoms with Crippen LogP contribution in [0.15, 0.2) is 57.1 Å². The summed E-state index contributed by atoms with van der Waals surface area (Å²) in [5.41, 5.74) is 3.70. The van der Waals surface area contributed by atoms with E-state index in [1.165, 1.54) is 11.1 Å². The molecule has 0 fully saturated rings. The Morgan fingerprint density at radius 3 is 2.42 bits per heavy atom. The summed E-state index contributed by atoms with van der Waals surface area (Å²) in [6.45, 7) is 10.2. The van der Waals surface area contributed by atoms with Crippen LogP contribution in [0.5, 0.6) is 0 Å². The highest BCUT2D eigenvalue weighted by Gasteiger charge is 2.34. The lowest BCUT2D eigenvalue weighted by Crippen LogP contribution is -2.16. The second kappa shape index (κ2) is 6.90. The molecule has 138 valence electrons. The summed E-state index contributed by atoms with van der Waals surface area (Å²) in [6.07, 6.45) is 11.8. The van der Waals surface area contributed by atoms with Crippen LogP contribution in [-0.4, -0.2) is 37.1 Å². The molecule has 4 heteroatoms. The Kier molecular flexibility index (Phi) is 4.60. The summed E-state index contributed by atoms with van der Waals surface area (Å²) < 4.78 is 11.9. The molecular formula is C22H28N2O2. The van der Waals surface area contributed by atoms with Crippen LogP contribution in [0.2, 0.25) is 0 Å². The highest BCUT2D eigenvalue weighted by atomic mass is 16.5. The molecule has 4 aliphatic rings. The fourth-order valence-electron chi connectivity index (χ4n) is 3.76. The van der Waals surface area contributed by atoms with E-state index in [4.69, 9.17) is 19.5 Å². The van der Waals surface area contributed by atoms with Crippen LogP contribution in [0.4, 0.5) is 0 Å². The Morgan fingerprint density at radius 1 is 1.00 bits per heavy atom. The van der Waals surface area contributed by atoms with Gasteiger partial charge in [0.05, 0.1) is 18.0 Å². The molecule has 0 aromatic heterocycles. The molecule has 0 aromatic rings.